The van der Waals surface area contributed by atoms with Crippen molar-refractivity contribution >= 4 is 17.7 Å². The van der Waals surface area contributed by atoms with E-state index in [1.807, 2.05) is 72.3 Å². The Hall–Kier alpha value is -3.67. The lowest BCUT2D eigenvalue weighted by molar-refractivity contribution is -0.148. The van der Waals surface area contributed by atoms with E-state index in [1.165, 1.54) is 0 Å². The van der Waals surface area contributed by atoms with Crippen LogP contribution in [0.4, 0.5) is 0 Å². The number of carbonyl (C=O) groups excluding carboxylic acids is 2. The highest BCUT2D eigenvalue weighted by atomic mass is 16.4. The molecule has 4 rings (SSSR count). The number of carboxylic acids is 1. The van der Waals surface area contributed by atoms with Gasteiger partial charge in [-0.3, -0.25) is 9.59 Å². The number of carbonyl (C=O) groups is 3. The molecule has 0 atom stereocenters. The first-order valence-corrected chi connectivity index (χ1v) is 11.3. The molecule has 33 heavy (non-hydrogen) atoms. The van der Waals surface area contributed by atoms with Crippen molar-refractivity contribution in [2.75, 3.05) is 0 Å². The van der Waals surface area contributed by atoms with E-state index < -0.39 is 11.5 Å². The highest BCUT2D eigenvalue weighted by molar-refractivity contribution is 6.08. The lowest BCUT2D eigenvalue weighted by Crippen LogP contribution is -2.59. The summed E-state index contributed by atoms with van der Waals surface area (Å²) in [5.74, 6) is -1.32. The number of aryl methyl sites for hydroxylation is 3. The minimum Gasteiger partial charge on any atom is -0.480 e. The first-order chi connectivity index (χ1) is 15.9. The van der Waals surface area contributed by atoms with Gasteiger partial charge in [-0.2, -0.15) is 0 Å². The van der Waals surface area contributed by atoms with Crippen LogP contribution in [0.15, 0.2) is 66.9 Å². The third-order valence-electron chi connectivity index (χ3n) is 6.40. The molecule has 6 nitrogen and oxygen atoms in total. The van der Waals surface area contributed by atoms with Gasteiger partial charge in [0.2, 0.25) is 5.78 Å². The number of aliphatic carboxylic acids is 1. The second kappa shape index (κ2) is 9.45. The molecule has 3 aromatic rings. The molecule has 0 unspecified atom stereocenters. The zero-order chi connectivity index (χ0) is 23.4. The first kappa shape index (κ1) is 22.5. The number of nitrogens with zero attached hydrogens (tertiary/aromatic N) is 1. The normalized spacial score (nSPS) is 14.3. The summed E-state index contributed by atoms with van der Waals surface area (Å²) in [7, 11) is 0. The number of carboxylic acid groups (broad SMARTS) is 1. The third kappa shape index (κ3) is 4.90. The van der Waals surface area contributed by atoms with E-state index in [9.17, 15) is 19.5 Å². The molecule has 1 aliphatic rings. The summed E-state index contributed by atoms with van der Waals surface area (Å²) in [6.07, 6.45) is 5.19. The van der Waals surface area contributed by atoms with Gasteiger partial charge >= 0.3 is 5.97 Å². The number of rotatable bonds is 9. The number of amides is 1. The lowest BCUT2D eigenvalue weighted by atomic mass is 9.76. The number of benzene rings is 2. The summed E-state index contributed by atoms with van der Waals surface area (Å²) in [6, 6.07) is 18.6. The molecule has 0 bridgehead atoms. The van der Waals surface area contributed by atoms with Crippen LogP contribution >= 0.6 is 0 Å². The summed E-state index contributed by atoms with van der Waals surface area (Å²) in [5.41, 5.74) is 2.79. The number of hydrogen-bond donors (Lipinski definition) is 2. The van der Waals surface area contributed by atoms with Crippen molar-refractivity contribution in [1.82, 2.24) is 9.88 Å². The lowest BCUT2D eigenvalue weighted by Gasteiger charge is -2.38. The molecule has 6 heteroatoms. The predicted octanol–water partition coefficient (Wildman–Crippen LogP) is 4.40. The van der Waals surface area contributed by atoms with Gasteiger partial charge < -0.3 is 15.0 Å². The predicted molar refractivity (Wildman–Crippen MR) is 125 cm³/mol. The topological polar surface area (TPSA) is 88.4 Å². The SMILES string of the molecule is Cc1ccc(C(=O)c2cccn2CCCc2cccc(C(=O)NC3(C(=O)O)CCC3)c2)cc1. The molecule has 1 amide bonds. The van der Waals surface area contributed by atoms with E-state index in [2.05, 4.69) is 5.32 Å². The van der Waals surface area contributed by atoms with E-state index in [-0.39, 0.29) is 11.7 Å². The maximum absolute atomic E-state index is 12.9. The van der Waals surface area contributed by atoms with Gasteiger partial charge in [-0.15, -0.1) is 0 Å². The van der Waals surface area contributed by atoms with Crippen molar-refractivity contribution in [3.63, 3.8) is 0 Å². The van der Waals surface area contributed by atoms with Gasteiger partial charge in [-0.1, -0.05) is 42.0 Å². The summed E-state index contributed by atoms with van der Waals surface area (Å²) in [6.45, 7) is 2.67. The Morgan fingerprint density at radius 2 is 1.76 bits per heavy atom. The van der Waals surface area contributed by atoms with Crippen LogP contribution in [0.2, 0.25) is 0 Å². The van der Waals surface area contributed by atoms with Gasteiger partial charge in [0.15, 0.2) is 0 Å². The minimum absolute atomic E-state index is 0.00187. The zero-order valence-corrected chi connectivity index (χ0v) is 18.7. The highest BCUT2D eigenvalue weighted by Gasteiger charge is 2.45. The number of hydrogen-bond acceptors (Lipinski definition) is 3. The average Bonchev–Trinajstić information content (AvgIpc) is 3.24. The van der Waals surface area contributed by atoms with Crippen molar-refractivity contribution in [3.8, 4) is 0 Å². The number of aromatic nitrogens is 1. The smallest absolute Gasteiger partial charge is 0.329 e. The molecule has 0 radical (unpaired) electrons. The monoisotopic (exact) mass is 444 g/mol. The van der Waals surface area contributed by atoms with Crippen molar-refractivity contribution in [2.24, 2.45) is 0 Å². The summed E-state index contributed by atoms with van der Waals surface area (Å²) in [5, 5.41) is 12.2. The zero-order valence-electron chi connectivity index (χ0n) is 18.7. The standard InChI is InChI=1S/C27H28N2O4/c1-19-10-12-21(13-11-19)24(30)23-9-4-17-29(23)16-3-7-20-6-2-8-22(18-20)25(31)28-27(26(32)33)14-5-15-27/h2,4,6,8-13,17-18H,3,5,7,14-16H2,1H3,(H,28,31)(H,32,33). The maximum atomic E-state index is 12.9. The summed E-state index contributed by atoms with van der Waals surface area (Å²) in [4.78, 5) is 37.0. The fourth-order valence-corrected chi connectivity index (χ4v) is 4.20. The average molecular weight is 445 g/mol. The molecule has 2 aromatic carbocycles. The molecule has 1 heterocycles. The second-order valence-electron chi connectivity index (χ2n) is 8.78. The molecule has 1 fully saturated rings. The van der Waals surface area contributed by atoms with Crippen LogP contribution in [0.1, 0.15) is 63.2 Å². The molecule has 1 saturated carbocycles. The molecule has 170 valence electrons. The van der Waals surface area contributed by atoms with Gasteiger partial charge in [0.1, 0.15) is 5.54 Å². The fraction of sp³-hybridized carbons (Fsp3) is 0.296. The maximum Gasteiger partial charge on any atom is 0.329 e. The Bertz CT molecular complexity index is 1170. The molecule has 1 aromatic heterocycles. The number of ketones is 1. The Morgan fingerprint density at radius 1 is 1.00 bits per heavy atom. The van der Waals surface area contributed by atoms with Crippen LogP contribution < -0.4 is 5.32 Å². The molecule has 2 N–H and O–H groups in total. The van der Waals surface area contributed by atoms with Crippen LogP contribution in [0.3, 0.4) is 0 Å². The van der Waals surface area contributed by atoms with Crippen molar-refractivity contribution in [3.05, 3.63) is 94.8 Å². The largest absolute Gasteiger partial charge is 0.480 e. The van der Waals surface area contributed by atoms with Crippen LogP contribution in [-0.2, 0) is 17.8 Å². The summed E-state index contributed by atoms with van der Waals surface area (Å²) < 4.78 is 1.96. The van der Waals surface area contributed by atoms with E-state index in [0.717, 1.165) is 30.4 Å². The Morgan fingerprint density at radius 3 is 2.42 bits per heavy atom. The quantitative estimate of drug-likeness (QED) is 0.479. The van der Waals surface area contributed by atoms with E-state index in [4.69, 9.17) is 0 Å². The van der Waals surface area contributed by atoms with E-state index >= 15 is 0 Å². The Labute approximate surface area is 193 Å². The summed E-state index contributed by atoms with van der Waals surface area (Å²) >= 11 is 0. The fourth-order valence-electron chi connectivity index (χ4n) is 4.20. The molecular formula is C27H28N2O4. The van der Waals surface area contributed by atoms with Crippen molar-refractivity contribution in [2.45, 2.75) is 51.1 Å². The number of nitrogens with one attached hydrogen (secondary N) is 1. The molecule has 0 aliphatic heterocycles. The van der Waals surface area contributed by atoms with Crippen LogP contribution in [0, 0.1) is 6.92 Å². The van der Waals surface area contributed by atoms with Crippen molar-refractivity contribution in [1.29, 1.82) is 0 Å². The van der Waals surface area contributed by atoms with E-state index in [1.54, 1.807) is 6.07 Å². The highest BCUT2D eigenvalue weighted by Crippen LogP contribution is 2.32. The minimum atomic E-state index is -1.12. The third-order valence-corrected chi connectivity index (χ3v) is 6.40. The second-order valence-corrected chi connectivity index (χ2v) is 8.78. The van der Waals surface area contributed by atoms with Gasteiger partial charge in [-0.05, 0) is 68.9 Å². The van der Waals surface area contributed by atoms with Crippen molar-refractivity contribution < 1.29 is 19.5 Å². The van der Waals surface area contributed by atoms with Gasteiger partial charge in [0.05, 0.1) is 5.69 Å². The van der Waals surface area contributed by atoms with Gasteiger partial charge in [0.25, 0.3) is 5.91 Å². The van der Waals surface area contributed by atoms with Crippen LogP contribution in [0.25, 0.3) is 0 Å². The van der Waals surface area contributed by atoms with Gasteiger partial charge in [-0.25, -0.2) is 4.79 Å². The van der Waals surface area contributed by atoms with Crippen LogP contribution in [0.5, 0.6) is 0 Å². The van der Waals surface area contributed by atoms with Crippen LogP contribution in [-0.4, -0.2) is 32.9 Å². The molecule has 0 spiro atoms. The van der Waals surface area contributed by atoms with Gasteiger partial charge in [0, 0.05) is 23.9 Å². The molecule has 0 saturated heterocycles. The Balaban J connectivity index is 1.37. The Kier molecular flexibility index (Phi) is 6.45. The molecule has 1 aliphatic carbocycles. The molecular weight excluding hydrogens is 416 g/mol. The first-order valence-electron chi connectivity index (χ1n) is 11.3. The van der Waals surface area contributed by atoms with E-state index in [0.29, 0.717) is 36.2 Å².